The lowest BCUT2D eigenvalue weighted by Gasteiger charge is -2.10. The molecular formula is C13H17BrN4O. The Morgan fingerprint density at radius 1 is 1.42 bits per heavy atom. The average Bonchev–Trinajstić information content (AvgIpc) is 2.86. The zero-order chi connectivity index (χ0) is 13.7. The maximum Gasteiger partial charge on any atom is 0.146 e. The van der Waals surface area contributed by atoms with Gasteiger partial charge in [0, 0.05) is 18.3 Å². The van der Waals surface area contributed by atoms with Crippen molar-refractivity contribution in [1.82, 2.24) is 14.8 Å². The van der Waals surface area contributed by atoms with Crippen LogP contribution in [0.4, 0.5) is 5.69 Å². The van der Waals surface area contributed by atoms with Crippen LogP contribution in [0.3, 0.4) is 0 Å². The minimum absolute atomic E-state index is 0.644. The fourth-order valence-electron chi connectivity index (χ4n) is 1.77. The van der Waals surface area contributed by atoms with E-state index in [4.69, 9.17) is 4.74 Å². The van der Waals surface area contributed by atoms with Gasteiger partial charge in [0.1, 0.15) is 17.9 Å². The van der Waals surface area contributed by atoms with Crippen LogP contribution >= 0.6 is 15.9 Å². The van der Waals surface area contributed by atoms with Gasteiger partial charge in [-0.3, -0.25) is 0 Å². The predicted molar refractivity (Wildman–Crippen MR) is 78.3 cm³/mol. The van der Waals surface area contributed by atoms with Gasteiger partial charge in [0.15, 0.2) is 0 Å². The van der Waals surface area contributed by atoms with Crippen molar-refractivity contribution < 1.29 is 4.74 Å². The van der Waals surface area contributed by atoms with Crippen LogP contribution in [0.2, 0.25) is 0 Å². The summed E-state index contributed by atoms with van der Waals surface area (Å²) in [4.78, 5) is 4.26. The van der Waals surface area contributed by atoms with Crippen LogP contribution in [0.5, 0.6) is 5.75 Å². The van der Waals surface area contributed by atoms with E-state index in [0.29, 0.717) is 6.54 Å². The minimum atomic E-state index is 0.644. The zero-order valence-electron chi connectivity index (χ0n) is 11.1. The van der Waals surface area contributed by atoms with E-state index >= 15 is 0 Å². The summed E-state index contributed by atoms with van der Waals surface area (Å²) in [5.74, 6) is 1.74. The molecule has 0 aliphatic carbocycles. The van der Waals surface area contributed by atoms with Gasteiger partial charge in [-0.25, -0.2) is 9.67 Å². The van der Waals surface area contributed by atoms with Gasteiger partial charge < -0.3 is 10.1 Å². The molecule has 19 heavy (non-hydrogen) atoms. The van der Waals surface area contributed by atoms with E-state index in [1.807, 2.05) is 22.9 Å². The molecule has 0 unspecified atom stereocenters. The topological polar surface area (TPSA) is 52.0 Å². The summed E-state index contributed by atoms with van der Waals surface area (Å²) in [6.45, 7) is 3.66. The molecule has 0 radical (unpaired) electrons. The summed E-state index contributed by atoms with van der Waals surface area (Å²) in [7, 11) is 1.65. The highest BCUT2D eigenvalue weighted by atomic mass is 79.9. The van der Waals surface area contributed by atoms with Gasteiger partial charge in [-0.1, -0.05) is 6.92 Å². The molecule has 0 saturated carbocycles. The van der Waals surface area contributed by atoms with Crippen LogP contribution in [-0.4, -0.2) is 21.9 Å². The van der Waals surface area contributed by atoms with E-state index < -0.39 is 0 Å². The lowest BCUT2D eigenvalue weighted by atomic mass is 10.3. The molecule has 1 heterocycles. The highest BCUT2D eigenvalue weighted by molar-refractivity contribution is 9.10. The van der Waals surface area contributed by atoms with Crippen LogP contribution in [0, 0.1) is 0 Å². The van der Waals surface area contributed by atoms with Crippen molar-refractivity contribution in [2.45, 2.75) is 26.4 Å². The molecule has 0 fully saturated rings. The Hall–Kier alpha value is -1.56. The number of rotatable bonds is 6. The van der Waals surface area contributed by atoms with Gasteiger partial charge in [0.2, 0.25) is 0 Å². The monoisotopic (exact) mass is 324 g/mol. The Morgan fingerprint density at radius 3 is 3.00 bits per heavy atom. The second-order valence-corrected chi connectivity index (χ2v) is 4.96. The van der Waals surface area contributed by atoms with E-state index in [1.165, 1.54) is 0 Å². The molecule has 0 saturated heterocycles. The number of hydrogen-bond acceptors (Lipinski definition) is 4. The molecule has 0 spiro atoms. The average molecular weight is 325 g/mol. The predicted octanol–water partition coefficient (Wildman–Crippen LogP) is 3.07. The number of halogens is 1. The van der Waals surface area contributed by atoms with Crippen LogP contribution in [0.15, 0.2) is 29.0 Å². The molecule has 5 nitrogen and oxygen atoms in total. The van der Waals surface area contributed by atoms with Gasteiger partial charge in [-0.05, 0) is 34.5 Å². The third-order valence-electron chi connectivity index (χ3n) is 2.73. The van der Waals surface area contributed by atoms with E-state index in [0.717, 1.165) is 34.7 Å². The highest BCUT2D eigenvalue weighted by Gasteiger charge is 2.05. The highest BCUT2D eigenvalue weighted by Crippen LogP contribution is 2.27. The number of benzene rings is 1. The first-order valence-electron chi connectivity index (χ1n) is 6.18. The largest absolute Gasteiger partial charge is 0.495 e. The second kappa shape index (κ2) is 6.56. The number of ether oxygens (including phenoxy) is 1. The lowest BCUT2D eigenvalue weighted by Crippen LogP contribution is -2.10. The fourth-order valence-corrected chi connectivity index (χ4v) is 2.18. The van der Waals surface area contributed by atoms with Crippen molar-refractivity contribution in [2.24, 2.45) is 0 Å². The van der Waals surface area contributed by atoms with Gasteiger partial charge in [0.05, 0.1) is 18.1 Å². The number of anilines is 1. The Bertz CT molecular complexity index is 541. The molecule has 0 aliphatic heterocycles. The van der Waals surface area contributed by atoms with Crippen molar-refractivity contribution in [1.29, 1.82) is 0 Å². The summed E-state index contributed by atoms with van der Waals surface area (Å²) >= 11 is 3.43. The number of aryl methyl sites for hydroxylation is 1. The Balaban J connectivity index is 2.04. The van der Waals surface area contributed by atoms with Gasteiger partial charge in [-0.2, -0.15) is 5.10 Å². The third-order valence-corrected chi connectivity index (χ3v) is 3.39. The molecule has 0 aliphatic rings. The fraction of sp³-hybridized carbons (Fsp3) is 0.385. The molecule has 2 aromatic rings. The van der Waals surface area contributed by atoms with E-state index in [9.17, 15) is 0 Å². The number of nitrogens with zero attached hydrogens (tertiary/aromatic N) is 3. The maximum atomic E-state index is 5.26. The summed E-state index contributed by atoms with van der Waals surface area (Å²) < 4.78 is 8.12. The number of methoxy groups -OCH3 is 1. The van der Waals surface area contributed by atoms with Crippen molar-refractivity contribution >= 4 is 21.6 Å². The summed E-state index contributed by atoms with van der Waals surface area (Å²) in [5, 5.41) is 7.52. The molecule has 2 rings (SSSR count). The SMILES string of the molecule is CCCn1ncnc1CNc1ccc(Br)c(OC)c1. The van der Waals surface area contributed by atoms with Crippen LogP contribution in [-0.2, 0) is 13.1 Å². The van der Waals surface area contributed by atoms with E-state index in [2.05, 4.69) is 38.3 Å². The normalized spacial score (nSPS) is 10.5. The smallest absolute Gasteiger partial charge is 0.146 e. The Morgan fingerprint density at radius 2 is 2.26 bits per heavy atom. The molecule has 1 aromatic carbocycles. The minimum Gasteiger partial charge on any atom is -0.495 e. The summed E-state index contributed by atoms with van der Waals surface area (Å²) in [6.07, 6.45) is 2.64. The van der Waals surface area contributed by atoms with Crippen molar-refractivity contribution in [2.75, 3.05) is 12.4 Å². The molecule has 0 amide bonds. The number of aromatic nitrogens is 3. The van der Waals surface area contributed by atoms with Crippen LogP contribution in [0.25, 0.3) is 0 Å². The molecule has 1 aromatic heterocycles. The van der Waals surface area contributed by atoms with Crippen LogP contribution in [0.1, 0.15) is 19.2 Å². The molecule has 0 atom stereocenters. The zero-order valence-corrected chi connectivity index (χ0v) is 12.6. The third kappa shape index (κ3) is 3.47. The Kier molecular flexibility index (Phi) is 4.79. The quantitative estimate of drug-likeness (QED) is 0.887. The first kappa shape index (κ1) is 13.9. The first-order valence-corrected chi connectivity index (χ1v) is 6.98. The van der Waals surface area contributed by atoms with Gasteiger partial charge >= 0.3 is 0 Å². The molecule has 102 valence electrons. The molecule has 6 heteroatoms. The number of nitrogens with one attached hydrogen (secondary N) is 1. The van der Waals surface area contributed by atoms with Crippen molar-refractivity contribution in [3.63, 3.8) is 0 Å². The molecule has 1 N–H and O–H groups in total. The van der Waals surface area contributed by atoms with E-state index in [-0.39, 0.29) is 0 Å². The van der Waals surface area contributed by atoms with Crippen molar-refractivity contribution in [3.05, 3.63) is 34.8 Å². The molecular weight excluding hydrogens is 308 g/mol. The van der Waals surface area contributed by atoms with Crippen LogP contribution < -0.4 is 10.1 Å². The Labute approximate surface area is 121 Å². The van der Waals surface area contributed by atoms with E-state index in [1.54, 1.807) is 13.4 Å². The van der Waals surface area contributed by atoms with Gasteiger partial charge in [-0.15, -0.1) is 0 Å². The van der Waals surface area contributed by atoms with Crippen molar-refractivity contribution in [3.8, 4) is 5.75 Å². The van der Waals surface area contributed by atoms with Gasteiger partial charge in [0.25, 0.3) is 0 Å². The first-order chi connectivity index (χ1) is 9.24. The standard InChI is InChI=1S/C13H17BrN4O/c1-3-6-18-13(16-9-17-18)8-15-10-4-5-11(14)12(7-10)19-2/h4-5,7,9,15H,3,6,8H2,1-2H3. The summed E-state index contributed by atoms with van der Waals surface area (Å²) in [5.41, 5.74) is 0.992. The maximum absolute atomic E-state index is 5.26. The second-order valence-electron chi connectivity index (χ2n) is 4.10. The number of hydrogen-bond donors (Lipinski definition) is 1. The lowest BCUT2D eigenvalue weighted by molar-refractivity contribution is 0.412. The summed E-state index contributed by atoms with van der Waals surface area (Å²) in [6, 6.07) is 5.90. The molecule has 0 bridgehead atoms.